The topological polar surface area (TPSA) is 52.6 Å². The lowest BCUT2D eigenvalue weighted by Gasteiger charge is -2.42. The number of anilines is 2. The molecule has 2 N–H and O–H groups in total. The van der Waals surface area contributed by atoms with E-state index in [1.807, 2.05) is 45.9 Å². The van der Waals surface area contributed by atoms with Crippen LogP contribution in [0.2, 0.25) is 0 Å². The van der Waals surface area contributed by atoms with Gasteiger partial charge in [-0.05, 0) is 33.8 Å². The summed E-state index contributed by atoms with van der Waals surface area (Å²) in [7, 11) is 0. The molecule has 1 aliphatic heterocycles. The smallest absolute Gasteiger partial charge is 0.252 e. The van der Waals surface area contributed by atoms with E-state index in [1.54, 1.807) is 4.90 Å². The number of carbonyl (C=O) groups is 1. The molecule has 0 unspecified atom stereocenters. The molecule has 0 fully saturated rings. The Morgan fingerprint density at radius 3 is 2.61 bits per heavy atom. The molecule has 18 heavy (non-hydrogen) atoms. The number of carbonyl (C=O) groups excluding carboxylic acids is 1. The molecule has 2 rings (SSSR count). The zero-order valence-electron chi connectivity index (χ0n) is 11.3. The van der Waals surface area contributed by atoms with E-state index in [0.717, 1.165) is 16.9 Å². The number of amides is 1. The van der Waals surface area contributed by atoms with Crippen LogP contribution in [-0.4, -0.2) is 22.6 Å². The normalized spacial score (nSPS) is 17.7. The van der Waals surface area contributed by atoms with Crippen molar-refractivity contribution in [2.45, 2.75) is 45.9 Å². The molecule has 0 aliphatic carbocycles. The van der Waals surface area contributed by atoms with Crippen LogP contribution in [0.5, 0.6) is 0 Å². The molecule has 0 spiro atoms. The monoisotopic (exact) mass is 248 g/mol. The third-order valence-electron chi connectivity index (χ3n) is 3.25. The van der Waals surface area contributed by atoms with E-state index < -0.39 is 5.54 Å². The minimum Gasteiger partial charge on any atom is -0.392 e. The number of hydrogen-bond acceptors (Lipinski definition) is 3. The van der Waals surface area contributed by atoms with Gasteiger partial charge in [0.05, 0.1) is 18.0 Å². The van der Waals surface area contributed by atoms with E-state index in [0.29, 0.717) is 0 Å². The SMILES string of the molecule is CC(C)N1C(=O)C(C)(C)Nc2cccc(CO)c21. The second kappa shape index (κ2) is 4.28. The van der Waals surface area contributed by atoms with Gasteiger partial charge >= 0.3 is 0 Å². The van der Waals surface area contributed by atoms with Crippen molar-refractivity contribution in [2.24, 2.45) is 0 Å². The molecular weight excluding hydrogens is 228 g/mol. The average molecular weight is 248 g/mol. The summed E-state index contributed by atoms with van der Waals surface area (Å²) >= 11 is 0. The predicted octanol–water partition coefficient (Wildman–Crippen LogP) is 2.12. The molecule has 1 aromatic carbocycles. The summed E-state index contributed by atoms with van der Waals surface area (Å²) in [5, 5.41) is 12.7. The quantitative estimate of drug-likeness (QED) is 0.843. The summed E-state index contributed by atoms with van der Waals surface area (Å²) < 4.78 is 0. The molecule has 0 bridgehead atoms. The van der Waals surface area contributed by atoms with Gasteiger partial charge in [0.15, 0.2) is 0 Å². The summed E-state index contributed by atoms with van der Waals surface area (Å²) in [6.45, 7) is 7.65. The highest BCUT2D eigenvalue weighted by molar-refractivity contribution is 6.08. The molecule has 0 saturated carbocycles. The van der Waals surface area contributed by atoms with Crippen molar-refractivity contribution < 1.29 is 9.90 Å². The Balaban J connectivity index is 2.64. The van der Waals surface area contributed by atoms with Crippen LogP contribution in [0, 0.1) is 0 Å². The number of hydrogen-bond donors (Lipinski definition) is 2. The first-order valence-corrected chi connectivity index (χ1v) is 6.23. The van der Waals surface area contributed by atoms with Gasteiger partial charge in [0.2, 0.25) is 0 Å². The van der Waals surface area contributed by atoms with Gasteiger partial charge in [-0.3, -0.25) is 4.79 Å². The Bertz CT molecular complexity index is 481. The highest BCUT2D eigenvalue weighted by atomic mass is 16.3. The fourth-order valence-corrected chi connectivity index (χ4v) is 2.39. The van der Waals surface area contributed by atoms with E-state index >= 15 is 0 Å². The van der Waals surface area contributed by atoms with E-state index in [1.165, 1.54) is 0 Å². The maximum Gasteiger partial charge on any atom is 0.252 e. The van der Waals surface area contributed by atoms with Gasteiger partial charge in [0.25, 0.3) is 5.91 Å². The Morgan fingerprint density at radius 2 is 2.06 bits per heavy atom. The van der Waals surface area contributed by atoms with Crippen LogP contribution in [0.25, 0.3) is 0 Å². The minimum atomic E-state index is -0.620. The lowest BCUT2D eigenvalue weighted by Crippen LogP contribution is -2.56. The number of nitrogens with zero attached hydrogens (tertiary/aromatic N) is 1. The van der Waals surface area contributed by atoms with Gasteiger partial charge < -0.3 is 15.3 Å². The van der Waals surface area contributed by atoms with Gasteiger partial charge in [-0.2, -0.15) is 0 Å². The van der Waals surface area contributed by atoms with E-state index in [2.05, 4.69) is 5.32 Å². The van der Waals surface area contributed by atoms with Crippen LogP contribution in [0.4, 0.5) is 11.4 Å². The van der Waals surface area contributed by atoms with Crippen molar-refractivity contribution in [3.63, 3.8) is 0 Å². The summed E-state index contributed by atoms with van der Waals surface area (Å²) in [5.74, 6) is 0.0332. The fraction of sp³-hybridized carbons (Fsp3) is 0.500. The first kappa shape index (κ1) is 12.9. The Labute approximate surface area is 108 Å². The van der Waals surface area contributed by atoms with Crippen molar-refractivity contribution in [1.82, 2.24) is 0 Å². The minimum absolute atomic E-state index is 0.0332. The molecule has 0 atom stereocenters. The number of aliphatic hydroxyl groups excluding tert-OH is 1. The van der Waals surface area contributed by atoms with Crippen molar-refractivity contribution in [1.29, 1.82) is 0 Å². The highest BCUT2D eigenvalue weighted by Crippen LogP contribution is 2.39. The first-order chi connectivity index (χ1) is 8.38. The van der Waals surface area contributed by atoms with Crippen LogP contribution in [0.1, 0.15) is 33.3 Å². The Kier molecular flexibility index (Phi) is 3.07. The maximum absolute atomic E-state index is 12.5. The van der Waals surface area contributed by atoms with Gasteiger partial charge in [0, 0.05) is 11.6 Å². The number of para-hydroxylation sites is 1. The second-order valence-corrected chi connectivity index (χ2v) is 5.49. The van der Waals surface area contributed by atoms with Crippen molar-refractivity contribution in [2.75, 3.05) is 10.2 Å². The van der Waals surface area contributed by atoms with Crippen LogP contribution in [-0.2, 0) is 11.4 Å². The number of aliphatic hydroxyl groups is 1. The predicted molar refractivity (Wildman–Crippen MR) is 72.7 cm³/mol. The van der Waals surface area contributed by atoms with Gasteiger partial charge in [-0.1, -0.05) is 12.1 Å². The molecule has 4 nitrogen and oxygen atoms in total. The molecular formula is C14H20N2O2. The molecule has 1 aromatic rings. The Morgan fingerprint density at radius 1 is 1.39 bits per heavy atom. The maximum atomic E-state index is 12.5. The summed E-state index contributed by atoms with van der Waals surface area (Å²) in [6, 6.07) is 5.74. The number of nitrogens with one attached hydrogen (secondary N) is 1. The van der Waals surface area contributed by atoms with Crippen molar-refractivity contribution in [3.8, 4) is 0 Å². The molecule has 1 amide bonds. The van der Waals surface area contributed by atoms with Crippen LogP contribution < -0.4 is 10.2 Å². The summed E-state index contributed by atoms with van der Waals surface area (Å²) in [6.07, 6.45) is 0. The zero-order chi connectivity index (χ0) is 13.5. The van der Waals surface area contributed by atoms with Gasteiger partial charge in [-0.25, -0.2) is 0 Å². The number of fused-ring (bicyclic) bond motifs is 1. The standard InChI is InChI=1S/C14H20N2O2/c1-9(2)16-12-10(8-17)6-5-7-11(12)15-14(3,4)13(16)18/h5-7,9,15,17H,8H2,1-4H3. The van der Waals surface area contributed by atoms with Gasteiger partial charge in [0.1, 0.15) is 5.54 Å². The van der Waals surface area contributed by atoms with E-state index in [-0.39, 0.29) is 18.6 Å². The lowest BCUT2D eigenvalue weighted by molar-refractivity contribution is -0.122. The van der Waals surface area contributed by atoms with Crippen molar-refractivity contribution in [3.05, 3.63) is 23.8 Å². The summed E-state index contributed by atoms with van der Waals surface area (Å²) in [5.41, 5.74) is 1.86. The lowest BCUT2D eigenvalue weighted by atomic mass is 9.95. The largest absolute Gasteiger partial charge is 0.392 e. The molecule has 0 aromatic heterocycles. The number of rotatable bonds is 2. The molecule has 1 aliphatic rings. The molecule has 0 radical (unpaired) electrons. The van der Waals surface area contributed by atoms with E-state index in [4.69, 9.17) is 0 Å². The molecule has 4 heteroatoms. The Hall–Kier alpha value is -1.55. The van der Waals surface area contributed by atoms with E-state index in [9.17, 15) is 9.90 Å². The van der Waals surface area contributed by atoms with Crippen molar-refractivity contribution >= 4 is 17.3 Å². The highest BCUT2D eigenvalue weighted by Gasteiger charge is 2.40. The third-order valence-corrected chi connectivity index (χ3v) is 3.25. The van der Waals surface area contributed by atoms with Crippen LogP contribution in [0.3, 0.4) is 0 Å². The number of benzene rings is 1. The van der Waals surface area contributed by atoms with Crippen LogP contribution in [0.15, 0.2) is 18.2 Å². The molecule has 0 saturated heterocycles. The fourth-order valence-electron chi connectivity index (χ4n) is 2.39. The second-order valence-electron chi connectivity index (χ2n) is 5.49. The first-order valence-electron chi connectivity index (χ1n) is 6.23. The van der Waals surface area contributed by atoms with Gasteiger partial charge in [-0.15, -0.1) is 0 Å². The van der Waals surface area contributed by atoms with Crippen LogP contribution >= 0.6 is 0 Å². The molecule has 98 valence electrons. The average Bonchev–Trinajstić information content (AvgIpc) is 2.29. The third kappa shape index (κ3) is 1.86. The molecule has 1 heterocycles. The zero-order valence-corrected chi connectivity index (χ0v) is 11.3. The summed E-state index contributed by atoms with van der Waals surface area (Å²) in [4.78, 5) is 14.3.